The van der Waals surface area contributed by atoms with Crippen molar-refractivity contribution in [3.63, 3.8) is 0 Å². The number of methoxy groups -OCH3 is 1. The highest BCUT2D eigenvalue weighted by Gasteiger charge is 2.44. The van der Waals surface area contributed by atoms with Crippen LogP contribution in [0.5, 0.6) is 0 Å². The minimum absolute atomic E-state index is 0.251. The molecule has 4 heteroatoms. The summed E-state index contributed by atoms with van der Waals surface area (Å²) in [4.78, 5) is 14.7. The van der Waals surface area contributed by atoms with Crippen molar-refractivity contribution < 1.29 is 9.53 Å². The van der Waals surface area contributed by atoms with Crippen LogP contribution >= 0.6 is 0 Å². The molecule has 0 spiro atoms. The summed E-state index contributed by atoms with van der Waals surface area (Å²) < 4.78 is 5.45. The molecule has 3 fully saturated rings. The molecule has 0 bridgehead atoms. The molecule has 0 aromatic heterocycles. The molecule has 1 atom stereocenters. The monoisotopic (exact) mass is 330 g/mol. The fraction of sp³-hybridized carbons (Fsp3) is 0.750. The molecule has 2 saturated carbocycles. The Labute approximate surface area is 145 Å². The molecule has 4 rings (SSSR count). The fourth-order valence-electron chi connectivity index (χ4n) is 4.69. The molecule has 1 unspecified atom stereocenters. The molecular formula is C20H30N2O2. The van der Waals surface area contributed by atoms with Crippen LogP contribution in [-0.4, -0.2) is 42.6 Å². The summed E-state index contributed by atoms with van der Waals surface area (Å²) in [5.41, 5.74) is 2.29. The first-order valence-corrected chi connectivity index (χ1v) is 9.78. The average Bonchev–Trinajstić information content (AvgIpc) is 3.42. The summed E-state index contributed by atoms with van der Waals surface area (Å²) >= 11 is 0. The standard InChI is InChI=1S/C20H30N2O2/c1-24-17-9-7-15(8-10-17)21-12-19-18(14-5-3-2-4-6-14)11-16-13-22(16)20(19)23/h11-12,14-17,21H,2-10,13H2,1H3/b19-12-. The summed E-state index contributed by atoms with van der Waals surface area (Å²) in [7, 11) is 1.81. The summed E-state index contributed by atoms with van der Waals surface area (Å²) in [6.07, 6.45) is 15.8. The highest BCUT2D eigenvalue weighted by atomic mass is 16.5. The minimum Gasteiger partial charge on any atom is -0.388 e. The molecule has 2 aliphatic carbocycles. The molecule has 0 aromatic rings. The van der Waals surface area contributed by atoms with Gasteiger partial charge in [0.05, 0.1) is 17.7 Å². The van der Waals surface area contributed by atoms with Crippen LogP contribution in [0.4, 0.5) is 0 Å². The van der Waals surface area contributed by atoms with E-state index >= 15 is 0 Å². The Balaban J connectivity index is 1.45. The second kappa shape index (κ2) is 6.91. The van der Waals surface area contributed by atoms with E-state index in [1.54, 1.807) is 0 Å². The zero-order valence-corrected chi connectivity index (χ0v) is 14.8. The van der Waals surface area contributed by atoms with E-state index in [0.717, 1.165) is 37.8 Å². The van der Waals surface area contributed by atoms with Crippen LogP contribution in [0.1, 0.15) is 57.8 Å². The fourth-order valence-corrected chi connectivity index (χ4v) is 4.69. The molecule has 132 valence electrons. The first kappa shape index (κ1) is 16.2. The minimum atomic E-state index is 0.251. The van der Waals surface area contributed by atoms with Crippen LogP contribution in [0.2, 0.25) is 0 Å². The lowest BCUT2D eigenvalue weighted by Gasteiger charge is -2.30. The largest absolute Gasteiger partial charge is 0.388 e. The molecule has 2 aliphatic heterocycles. The van der Waals surface area contributed by atoms with E-state index in [4.69, 9.17) is 4.74 Å². The maximum Gasteiger partial charge on any atom is 0.256 e. The summed E-state index contributed by atoms with van der Waals surface area (Å²) in [5, 5.41) is 3.57. The number of nitrogens with zero attached hydrogens (tertiary/aromatic N) is 1. The smallest absolute Gasteiger partial charge is 0.256 e. The van der Waals surface area contributed by atoms with Gasteiger partial charge in [-0.2, -0.15) is 0 Å². The van der Waals surface area contributed by atoms with Crippen molar-refractivity contribution >= 4 is 5.91 Å². The van der Waals surface area contributed by atoms with E-state index in [0.29, 0.717) is 24.1 Å². The molecule has 1 amide bonds. The van der Waals surface area contributed by atoms with Crippen LogP contribution in [-0.2, 0) is 9.53 Å². The van der Waals surface area contributed by atoms with E-state index in [-0.39, 0.29) is 5.91 Å². The van der Waals surface area contributed by atoms with E-state index in [9.17, 15) is 4.79 Å². The maximum absolute atomic E-state index is 12.7. The Morgan fingerprint density at radius 2 is 1.88 bits per heavy atom. The quantitative estimate of drug-likeness (QED) is 0.636. The Bertz CT molecular complexity index is 540. The van der Waals surface area contributed by atoms with Crippen molar-refractivity contribution in [2.45, 2.75) is 76.0 Å². The predicted octanol–water partition coefficient (Wildman–Crippen LogP) is 3.15. The number of amides is 1. The van der Waals surface area contributed by atoms with Gasteiger partial charge in [0.15, 0.2) is 0 Å². The van der Waals surface area contributed by atoms with Crippen LogP contribution in [0.25, 0.3) is 0 Å². The van der Waals surface area contributed by atoms with Gasteiger partial charge in [-0.3, -0.25) is 4.79 Å². The van der Waals surface area contributed by atoms with E-state index in [2.05, 4.69) is 17.6 Å². The lowest BCUT2D eigenvalue weighted by atomic mass is 9.79. The second-order valence-corrected chi connectivity index (χ2v) is 7.92. The second-order valence-electron chi connectivity index (χ2n) is 7.92. The average molecular weight is 330 g/mol. The highest BCUT2D eigenvalue weighted by molar-refractivity contribution is 6.01. The number of hydrogen-bond acceptors (Lipinski definition) is 3. The molecule has 4 nitrogen and oxygen atoms in total. The van der Waals surface area contributed by atoms with Crippen LogP contribution in [0.3, 0.4) is 0 Å². The summed E-state index contributed by atoms with van der Waals surface area (Å²) in [6, 6.07) is 0.875. The van der Waals surface area contributed by atoms with Crippen LogP contribution in [0, 0.1) is 5.92 Å². The normalized spacial score (nSPS) is 35.6. The number of hydrogen-bond donors (Lipinski definition) is 1. The van der Waals surface area contributed by atoms with Crippen molar-refractivity contribution in [2.75, 3.05) is 13.7 Å². The van der Waals surface area contributed by atoms with Crippen molar-refractivity contribution in [1.29, 1.82) is 0 Å². The molecule has 24 heavy (non-hydrogen) atoms. The van der Waals surface area contributed by atoms with Gasteiger partial charge in [-0.15, -0.1) is 0 Å². The van der Waals surface area contributed by atoms with Gasteiger partial charge in [0.1, 0.15) is 0 Å². The third-order valence-electron chi connectivity index (χ3n) is 6.34. The molecule has 1 saturated heterocycles. The molecule has 0 radical (unpaired) electrons. The molecule has 2 heterocycles. The number of rotatable bonds is 4. The molecule has 4 aliphatic rings. The van der Waals surface area contributed by atoms with Gasteiger partial charge in [-0.05, 0) is 50.0 Å². The molecule has 1 N–H and O–H groups in total. The van der Waals surface area contributed by atoms with E-state index in [1.165, 1.54) is 37.7 Å². The third-order valence-corrected chi connectivity index (χ3v) is 6.34. The highest BCUT2D eigenvalue weighted by Crippen LogP contribution is 2.40. The number of carbonyl (C=O) groups excluding carboxylic acids is 1. The van der Waals surface area contributed by atoms with Gasteiger partial charge >= 0.3 is 0 Å². The van der Waals surface area contributed by atoms with Crippen molar-refractivity contribution in [3.8, 4) is 0 Å². The first-order chi connectivity index (χ1) is 11.8. The topological polar surface area (TPSA) is 41.3 Å². The van der Waals surface area contributed by atoms with Crippen LogP contribution < -0.4 is 5.32 Å². The third kappa shape index (κ3) is 3.26. The summed E-state index contributed by atoms with van der Waals surface area (Å²) in [5.74, 6) is 0.851. The molecular weight excluding hydrogens is 300 g/mol. The zero-order chi connectivity index (χ0) is 16.5. The lowest BCUT2D eigenvalue weighted by Crippen LogP contribution is -2.34. The van der Waals surface area contributed by atoms with Crippen LogP contribution in [0.15, 0.2) is 23.4 Å². The lowest BCUT2D eigenvalue weighted by molar-refractivity contribution is -0.122. The number of nitrogens with one attached hydrogen (secondary N) is 1. The predicted molar refractivity (Wildman–Crippen MR) is 94.4 cm³/mol. The first-order valence-electron chi connectivity index (χ1n) is 9.78. The zero-order valence-electron chi connectivity index (χ0n) is 14.8. The number of carbonyl (C=O) groups is 1. The van der Waals surface area contributed by atoms with E-state index < -0.39 is 0 Å². The Morgan fingerprint density at radius 3 is 2.58 bits per heavy atom. The van der Waals surface area contributed by atoms with E-state index in [1.807, 2.05) is 12.0 Å². The van der Waals surface area contributed by atoms with Crippen molar-refractivity contribution in [2.24, 2.45) is 5.92 Å². The summed E-state index contributed by atoms with van der Waals surface area (Å²) in [6.45, 7) is 0.922. The Hall–Kier alpha value is -1.29. The van der Waals surface area contributed by atoms with Gasteiger partial charge in [-0.25, -0.2) is 0 Å². The van der Waals surface area contributed by atoms with Gasteiger partial charge in [0, 0.05) is 25.9 Å². The Kier molecular flexibility index (Phi) is 4.66. The van der Waals surface area contributed by atoms with Gasteiger partial charge in [-0.1, -0.05) is 25.3 Å². The van der Waals surface area contributed by atoms with Crippen molar-refractivity contribution in [3.05, 3.63) is 23.4 Å². The van der Waals surface area contributed by atoms with Gasteiger partial charge in [0.25, 0.3) is 5.91 Å². The Morgan fingerprint density at radius 1 is 1.12 bits per heavy atom. The molecule has 0 aromatic carbocycles. The number of ether oxygens (including phenoxy) is 1. The van der Waals surface area contributed by atoms with Gasteiger partial charge < -0.3 is 15.0 Å². The van der Waals surface area contributed by atoms with Gasteiger partial charge in [0.2, 0.25) is 0 Å². The van der Waals surface area contributed by atoms with Crippen molar-refractivity contribution in [1.82, 2.24) is 10.2 Å². The maximum atomic E-state index is 12.7. The number of fused-ring (bicyclic) bond motifs is 1. The SMILES string of the molecule is COC1CCC(N/C=C2\C(=O)N3CC3C=C2C2CCCCC2)CC1.